The number of benzene rings is 2. The first kappa shape index (κ1) is 22.3. The van der Waals surface area contributed by atoms with E-state index in [0.717, 1.165) is 11.1 Å². The van der Waals surface area contributed by atoms with Crippen molar-refractivity contribution >= 4 is 40.0 Å². The maximum absolute atomic E-state index is 12.9. The Kier molecular flexibility index (Phi) is 8.96. The van der Waals surface area contributed by atoms with Crippen LogP contribution in [0, 0.1) is 5.82 Å². The van der Waals surface area contributed by atoms with Gasteiger partial charge in [-0.3, -0.25) is 0 Å². The van der Waals surface area contributed by atoms with Crippen molar-refractivity contribution in [2.75, 3.05) is 6.54 Å². The molecule has 0 aliphatic heterocycles. The third-order valence-electron chi connectivity index (χ3n) is 3.36. The highest BCUT2D eigenvalue weighted by Crippen LogP contribution is 2.10. The molecule has 6 nitrogen and oxygen atoms in total. The van der Waals surface area contributed by atoms with Gasteiger partial charge in [0.25, 0.3) is 0 Å². The normalized spacial score (nSPS) is 11.6. The molecule has 0 aliphatic carbocycles. The summed E-state index contributed by atoms with van der Waals surface area (Å²) >= 11 is 0. The standard InChI is InChI=1S/C17H21FN4O2S.HI/c1-2-20-17(21-11-13-6-8-15(18)9-7-13)22-12-14-4-3-5-16(10-14)25(19,23)24;/h3-10H,2,11-12H2,1H3,(H2,19,23,24)(H2,20,21,22);1H. The molecule has 4 N–H and O–H groups in total. The van der Waals surface area contributed by atoms with Crippen molar-refractivity contribution in [2.24, 2.45) is 10.1 Å². The van der Waals surface area contributed by atoms with Crippen molar-refractivity contribution in [3.05, 3.63) is 65.5 Å². The zero-order valence-corrected chi connectivity index (χ0v) is 17.4. The van der Waals surface area contributed by atoms with E-state index in [2.05, 4.69) is 15.6 Å². The van der Waals surface area contributed by atoms with Gasteiger partial charge in [0.2, 0.25) is 10.0 Å². The van der Waals surface area contributed by atoms with Gasteiger partial charge in [0.1, 0.15) is 5.82 Å². The molecule has 0 radical (unpaired) electrons. The van der Waals surface area contributed by atoms with Gasteiger partial charge >= 0.3 is 0 Å². The lowest BCUT2D eigenvalue weighted by atomic mass is 10.2. The molecule has 0 aromatic heterocycles. The Morgan fingerprint density at radius 3 is 2.42 bits per heavy atom. The number of hydrogen-bond acceptors (Lipinski definition) is 3. The Morgan fingerprint density at radius 1 is 1.12 bits per heavy atom. The summed E-state index contributed by atoms with van der Waals surface area (Å²) in [5, 5.41) is 11.4. The number of halogens is 2. The van der Waals surface area contributed by atoms with Gasteiger partial charge in [0.15, 0.2) is 5.96 Å². The maximum atomic E-state index is 12.9. The van der Waals surface area contributed by atoms with Crippen molar-refractivity contribution in [2.45, 2.75) is 24.9 Å². The molecular formula is C17H22FIN4O2S. The van der Waals surface area contributed by atoms with Crippen LogP contribution in [0.25, 0.3) is 0 Å². The van der Waals surface area contributed by atoms with Gasteiger partial charge < -0.3 is 10.6 Å². The minimum absolute atomic E-state index is 0. The van der Waals surface area contributed by atoms with Gasteiger partial charge in [-0.15, -0.1) is 24.0 Å². The minimum atomic E-state index is -3.73. The second kappa shape index (κ2) is 10.4. The second-order valence-electron chi connectivity index (χ2n) is 5.37. The topological polar surface area (TPSA) is 96.6 Å². The van der Waals surface area contributed by atoms with E-state index >= 15 is 0 Å². The molecule has 0 fully saturated rings. The lowest BCUT2D eigenvalue weighted by Gasteiger charge is -2.11. The van der Waals surface area contributed by atoms with Crippen LogP contribution in [0.5, 0.6) is 0 Å². The van der Waals surface area contributed by atoms with Gasteiger partial charge in [-0.25, -0.2) is 22.9 Å². The fraction of sp³-hybridized carbons (Fsp3) is 0.235. The third kappa shape index (κ3) is 7.26. The molecule has 0 amide bonds. The van der Waals surface area contributed by atoms with E-state index in [1.54, 1.807) is 24.3 Å². The second-order valence-corrected chi connectivity index (χ2v) is 6.93. The highest BCUT2D eigenvalue weighted by Gasteiger charge is 2.07. The summed E-state index contributed by atoms with van der Waals surface area (Å²) in [6, 6.07) is 12.6. The molecule has 0 saturated heterocycles. The van der Waals surface area contributed by atoms with Gasteiger partial charge in [0, 0.05) is 13.1 Å². The van der Waals surface area contributed by atoms with E-state index in [9.17, 15) is 12.8 Å². The number of rotatable bonds is 6. The molecular weight excluding hydrogens is 470 g/mol. The Balaban J connectivity index is 0.00000338. The quantitative estimate of drug-likeness (QED) is 0.328. The molecule has 0 unspecified atom stereocenters. The first-order valence-corrected chi connectivity index (χ1v) is 9.31. The SMILES string of the molecule is CCNC(=NCc1cccc(S(N)(=O)=O)c1)NCc1ccc(F)cc1.I. The molecule has 9 heteroatoms. The van der Waals surface area contributed by atoms with Gasteiger partial charge in [-0.05, 0) is 42.3 Å². The number of primary sulfonamides is 1. The molecule has 0 spiro atoms. The third-order valence-corrected chi connectivity index (χ3v) is 4.28. The van der Waals surface area contributed by atoms with E-state index in [0.29, 0.717) is 25.6 Å². The summed E-state index contributed by atoms with van der Waals surface area (Å²) in [5.74, 6) is 0.298. The van der Waals surface area contributed by atoms with E-state index < -0.39 is 10.0 Å². The van der Waals surface area contributed by atoms with Gasteiger partial charge in [-0.1, -0.05) is 24.3 Å². The predicted octanol–water partition coefficient (Wildman–Crippen LogP) is 2.35. The van der Waals surface area contributed by atoms with Crippen LogP contribution in [0.1, 0.15) is 18.1 Å². The summed E-state index contributed by atoms with van der Waals surface area (Å²) in [6.07, 6.45) is 0. The Labute approximate surface area is 170 Å². The molecule has 0 bridgehead atoms. The zero-order valence-electron chi connectivity index (χ0n) is 14.3. The highest BCUT2D eigenvalue weighted by molar-refractivity contribution is 14.0. The number of nitrogens with two attached hydrogens (primary N) is 1. The van der Waals surface area contributed by atoms with Crippen molar-refractivity contribution in [1.29, 1.82) is 0 Å². The molecule has 0 saturated carbocycles. The first-order chi connectivity index (χ1) is 11.9. The van der Waals surface area contributed by atoms with Crippen molar-refractivity contribution in [1.82, 2.24) is 10.6 Å². The Morgan fingerprint density at radius 2 is 1.81 bits per heavy atom. The highest BCUT2D eigenvalue weighted by atomic mass is 127. The van der Waals surface area contributed by atoms with Gasteiger partial charge in [-0.2, -0.15) is 0 Å². The first-order valence-electron chi connectivity index (χ1n) is 7.77. The molecule has 0 aliphatic rings. The van der Waals surface area contributed by atoms with Crippen LogP contribution in [0.4, 0.5) is 4.39 Å². The van der Waals surface area contributed by atoms with Crippen molar-refractivity contribution in [3.63, 3.8) is 0 Å². The fourth-order valence-electron chi connectivity index (χ4n) is 2.12. The van der Waals surface area contributed by atoms with Crippen LogP contribution in [-0.4, -0.2) is 20.9 Å². The van der Waals surface area contributed by atoms with Crippen LogP contribution in [0.15, 0.2) is 58.4 Å². The minimum Gasteiger partial charge on any atom is -0.357 e. The summed E-state index contributed by atoms with van der Waals surface area (Å²) in [5.41, 5.74) is 1.65. The molecule has 0 atom stereocenters. The van der Waals surface area contributed by atoms with Gasteiger partial charge in [0.05, 0.1) is 11.4 Å². The average molecular weight is 492 g/mol. The van der Waals surface area contributed by atoms with Crippen molar-refractivity contribution in [3.8, 4) is 0 Å². The molecule has 2 aromatic carbocycles. The number of hydrogen-bond donors (Lipinski definition) is 3. The fourth-order valence-corrected chi connectivity index (χ4v) is 2.70. The lowest BCUT2D eigenvalue weighted by Crippen LogP contribution is -2.36. The lowest BCUT2D eigenvalue weighted by molar-refractivity contribution is 0.597. The smallest absolute Gasteiger partial charge is 0.238 e. The predicted molar refractivity (Wildman–Crippen MR) is 111 cm³/mol. The molecule has 142 valence electrons. The number of sulfonamides is 1. The number of nitrogens with zero attached hydrogens (tertiary/aromatic N) is 1. The number of guanidine groups is 1. The maximum Gasteiger partial charge on any atom is 0.238 e. The molecule has 2 rings (SSSR count). The summed E-state index contributed by atoms with van der Waals surface area (Å²) in [4.78, 5) is 4.48. The van der Waals surface area contributed by atoms with E-state index in [-0.39, 0.29) is 34.7 Å². The monoisotopic (exact) mass is 492 g/mol. The Hall–Kier alpha value is -1.72. The summed E-state index contributed by atoms with van der Waals surface area (Å²) < 4.78 is 35.7. The average Bonchev–Trinajstić information content (AvgIpc) is 2.58. The molecule has 2 aromatic rings. The van der Waals surface area contributed by atoms with E-state index in [4.69, 9.17) is 5.14 Å². The van der Waals surface area contributed by atoms with E-state index in [1.807, 2.05) is 6.92 Å². The summed E-state index contributed by atoms with van der Waals surface area (Å²) in [7, 11) is -3.73. The summed E-state index contributed by atoms with van der Waals surface area (Å²) in [6.45, 7) is 3.40. The van der Waals surface area contributed by atoms with Crippen LogP contribution >= 0.6 is 24.0 Å². The van der Waals surface area contributed by atoms with E-state index in [1.165, 1.54) is 24.3 Å². The zero-order chi connectivity index (χ0) is 18.3. The number of aliphatic imine (C=N–C) groups is 1. The van der Waals surface area contributed by atoms with Crippen LogP contribution in [0.3, 0.4) is 0 Å². The largest absolute Gasteiger partial charge is 0.357 e. The van der Waals surface area contributed by atoms with Crippen LogP contribution in [0.2, 0.25) is 0 Å². The van der Waals surface area contributed by atoms with Crippen molar-refractivity contribution < 1.29 is 12.8 Å². The van der Waals surface area contributed by atoms with Crippen LogP contribution in [-0.2, 0) is 23.1 Å². The Bertz CT molecular complexity index is 842. The molecule has 26 heavy (non-hydrogen) atoms. The van der Waals surface area contributed by atoms with Crippen LogP contribution < -0.4 is 15.8 Å². The number of nitrogens with one attached hydrogen (secondary N) is 2. The molecule has 0 heterocycles.